The van der Waals surface area contributed by atoms with Gasteiger partial charge in [0.2, 0.25) is 0 Å². The van der Waals surface area contributed by atoms with Gasteiger partial charge in [-0.1, -0.05) is 54.3 Å². The highest BCUT2D eigenvalue weighted by Crippen LogP contribution is 2.32. The van der Waals surface area contributed by atoms with Crippen LogP contribution in [0, 0.1) is 23.7 Å². The summed E-state index contributed by atoms with van der Waals surface area (Å²) in [4.78, 5) is 0. The van der Waals surface area contributed by atoms with Crippen LogP contribution in [-0.2, 0) is 0 Å². The van der Waals surface area contributed by atoms with Crippen molar-refractivity contribution in [3.63, 3.8) is 0 Å². The van der Waals surface area contributed by atoms with Crippen LogP contribution in [0.1, 0.15) is 23.7 Å². The third-order valence-corrected chi connectivity index (χ3v) is 3.44. The number of fused-ring (bicyclic) bond motifs is 2. The zero-order chi connectivity index (χ0) is 11.7. The minimum atomic E-state index is -0.413. The van der Waals surface area contributed by atoms with E-state index in [-0.39, 0.29) is 5.92 Å². The van der Waals surface area contributed by atoms with Gasteiger partial charge in [0.1, 0.15) is 0 Å². The van der Waals surface area contributed by atoms with Gasteiger partial charge in [-0.05, 0) is 24.0 Å². The average molecular weight is 222 g/mol. The Morgan fingerprint density at radius 2 is 1.94 bits per heavy atom. The highest BCUT2D eigenvalue weighted by Gasteiger charge is 2.23. The Hall–Kier alpha value is -1.78. The van der Waals surface area contributed by atoms with Crippen LogP contribution in [0.15, 0.2) is 48.6 Å². The summed E-state index contributed by atoms with van der Waals surface area (Å²) in [5.41, 5.74) is 1.92. The fraction of sp³-hybridized carbons (Fsp3) is 0.250. The third-order valence-electron chi connectivity index (χ3n) is 3.44. The number of aliphatic hydroxyl groups is 1. The first kappa shape index (κ1) is 10.4. The summed E-state index contributed by atoms with van der Waals surface area (Å²) in [6.07, 6.45) is 8.69. The van der Waals surface area contributed by atoms with Gasteiger partial charge in [0.05, 0.1) is 6.10 Å². The van der Waals surface area contributed by atoms with Crippen molar-refractivity contribution in [2.45, 2.75) is 12.5 Å². The maximum Gasteiger partial charge on any atom is 0.0808 e. The number of aliphatic hydroxyl groups excluding tert-OH is 1. The Bertz CT molecular complexity index is 542. The molecule has 1 heteroatoms. The monoisotopic (exact) mass is 222 g/mol. The summed E-state index contributed by atoms with van der Waals surface area (Å²) in [7, 11) is 0. The van der Waals surface area contributed by atoms with E-state index in [0.717, 1.165) is 17.5 Å². The maximum atomic E-state index is 10.3. The van der Waals surface area contributed by atoms with Gasteiger partial charge in [-0.3, -0.25) is 0 Å². The molecule has 0 saturated heterocycles. The molecule has 0 amide bonds. The standard InChI is InChI=1S/C16H14O/c17-16-11-14-7-2-1-5-12(14)9-10-13-6-3-4-8-15(13)16/h1-8,12,14,16-17H,11H2. The van der Waals surface area contributed by atoms with Gasteiger partial charge in [-0.15, -0.1) is 0 Å². The zero-order valence-corrected chi connectivity index (χ0v) is 9.51. The van der Waals surface area contributed by atoms with Crippen LogP contribution in [0.4, 0.5) is 0 Å². The highest BCUT2D eigenvalue weighted by atomic mass is 16.3. The van der Waals surface area contributed by atoms with E-state index in [2.05, 4.69) is 24.0 Å². The molecule has 0 heterocycles. The van der Waals surface area contributed by atoms with Crippen LogP contribution in [0.5, 0.6) is 0 Å². The Kier molecular flexibility index (Phi) is 2.59. The van der Waals surface area contributed by atoms with Crippen molar-refractivity contribution in [1.29, 1.82) is 0 Å². The van der Waals surface area contributed by atoms with E-state index in [1.54, 1.807) is 0 Å². The lowest BCUT2D eigenvalue weighted by molar-refractivity contribution is 0.147. The number of rotatable bonds is 0. The molecule has 3 unspecified atom stereocenters. The molecule has 0 spiro atoms. The van der Waals surface area contributed by atoms with Crippen LogP contribution < -0.4 is 0 Å². The van der Waals surface area contributed by atoms with E-state index in [1.807, 2.05) is 36.4 Å². The van der Waals surface area contributed by atoms with E-state index < -0.39 is 6.10 Å². The molecule has 1 aromatic rings. The molecule has 17 heavy (non-hydrogen) atoms. The minimum absolute atomic E-state index is 0.239. The number of hydrogen-bond acceptors (Lipinski definition) is 1. The second-order valence-electron chi connectivity index (χ2n) is 4.57. The summed E-state index contributed by atoms with van der Waals surface area (Å²) in [5, 5.41) is 10.3. The topological polar surface area (TPSA) is 20.2 Å². The molecule has 0 fully saturated rings. The van der Waals surface area contributed by atoms with E-state index >= 15 is 0 Å². The third kappa shape index (κ3) is 1.92. The molecule has 2 aliphatic rings. The molecule has 1 N–H and O–H groups in total. The molecule has 0 radical (unpaired) electrons. The van der Waals surface area contributed by atoms with Gasteiger partial charge >= 0.3 is 0 Å². The van der Waals surface area contributed by atoms with E-state index in [4.69, 9.17) is 0 Å². The highest BCUT2D eigenvalue weighted by molar-refractivity contribution is 5.44. The van der Waals surface area contributed by atoms with Crippen molar-refractivity contribution in [3.05, 3.63) is 59.7 Å². The van der Waals surface area contributed by atoms with Crippen molar-refractivity contribution >= 4 is 0 Å². The fourth-order valence-electron chi connectivity index (χ4n) is 2.48. The molecule has 0 bridgehead atoms. The Balaban J connectivity index is 2.07. The first-order chi connectivity index (χ1) is 8.34. The van der Waals surface area contributed by atoms with Gasteiger partial charge in [0.25, 0.3) is 0 Å². The Morgan fingerprint density at radius 1 is 1.12 bits per heavy atom. The molecule has 1 nitrogen and oxygen atoms in total. The molecule has 84 valence electrons. The second-order valence-corrected chi connectivity index (χ2v) is 4.57. The van der Waals surface area contributed by atoms with Crippen LogP contribution in [0.2, 0.25) is 0 Å². The summed E-state index contributed by atoms with van der Waals surface area (Å²) in [6, 6.07) is 7.88. The molecule has 2 aliphatic carbocycles. The first-order valence-electron chi connectivity index (χ1n) is 5.98. The summed E-state index contributed by atoms with van der Waals surface area (Å²) >= 11 is 0. The first-order valence-corrected chi connectivity index (χ1v) is 5.98. The predicted octanol–water partition coefficient (Wildman–Crippen LogP) is 2.83. The number of hydrogen-bond donors (Lipinski definition) is 1. The molecule has 3 atom stereocenters. The van der Waals surface area contributed by atoms with Crippen LogP contribution in [0.25, 0.3) is 0 Å². The fourth-order valence-corrected chi connectivity index (χ4v) is 2.48. The van der Waals surface area contributed by atoms with Crippen molar-refractivity contribution in [2.75, 3.05) is 0 Å². The summed E-state index contributed by atoms with van der Waals surface area (Å²) in [6.45, 7) is 0. The van der Waals surface area contributed by atoms with Gasteiger partial charge < -0.3 is 5.11 Å². The SMILES string of the molecule is OC1CC2C=CC=CC2C#Cc2ccccc21. The predicted molar refractivity (Wildman–Crippen MR) is 68.2 cm³/mol. The van der Waals surface area contributed by atoms with Crippen LogP contribution in [-0.4, -0.2) is 5.11 Å². The number of allylic oxidation sites excluding steroid dienone is 4. The lowest BCUT2D eigenvalue weighted by Crippen LogP contribution is -2.17. The van der Waals surface area contributed by atoms with Crippen LogP contribution in [0.3, 0.4) is 0 Å². The normalized spacial score (nSPS) is 29.4. The van der Waals surface area contributed by atoms with Gasteiger partial charge in [0.15, 0.2) is 0 Å². The van der Waals surface area contributed by atoms with Crippen molar-refractivity contribution in [3.8, 4) is 11.8 Å². The number of benzene rings is 1. The summed E-state index contributed by atoms with van der Waals surface area (Å²) < 4.78 is 0. The molecule has 0 aromatic heterocycles. The molecule has 3 rings (SSSR count). The lowest BCUT2D eigenvalue weighted by Gasteiger charge is -2.25. The molecule has 0 saturated carbocycles. The van der Waals surface area contributed by atoms with Crippen molar-refractivity contribution in [1.82, 2.24) is 0 Å². The quantitative estimate of drug-likeness (QED) is 0.669. The van der Waals surface area contributed by atoms with Crippen molar-refractivity contribution in [2.24, 2.45) is 11.8 Å². The molecule has 0 aliphatic heterocycles. The van der Waals surface area contributed by atoms with E-state index in [0.29, 0.717) is 5.92 Å². The largest absolute Gasteiger partial charge is 0.388 e. The summed E-state index contributed by atoms with van der Waals surface area (Å²) in [5.74, 6) is 7.07. The molecule has 1 aromatic carbocycles. The lowest BCUT2D eigenvalue weighted by atomic mass is 9.81. The van der Waals surface area contributed by atoms with Gasteiger partial charge in [0, 0.05) is 11.5 Å². The Labute approximate surface area is 101 Å². The Morgan fingerprint density at radius 3 is 2.88 bits per heavy atom. The minimum Gasteiger partial charge on any atom is -0.388 e. The molecular weight excluding hydrogens is 208 g/mol. The maximum absolute atomic E-state index is 10.3. The van der Waals surface area contributed by atoms with E-state index in [1.165, 1.54) is 0 Å². The van der Waals surface area contributed by atoms with Crippen molar-refractivity contribution < 1.29 is 5.11 Å². The second kappa shape index (κ2) is 4.24. The van der Waals surface area contributed by atoms with Crippen LogP contribution >= 0.6 is 0 Å². The average Bonchev–Trinajstić information content (AvgIpc) is 2.36. The van der Waals surface area contributed by atoms with Gasteiger partial charge in [-0.2, -0.15) is 0 Å². The van der Waals surface area contributed by atoms with Gasteiger partial charge in [-0.25, -0.2) is 0 Å². The molecular formula is C16H14O. The smallest absolute Gasteiger partial charge is 0.0808 e. The zero-order valence-electron chi connectivity index (χ0n) is 9.51. The van der Waals surface area contributed by atoms with E-state index in [9.17, 15) is 5.11 Å².